The Balaban J connectivity index is 1.97. The van der Waals surface area contributed by atoms with Gasteiger partial charge in [-0.25, -0.2) is 4.79 Å². The molecule has 1 aromatic carbocycles. The van der Waals surface area contributed by atoms with E-state index in [2.05, 4.69) is 5.32 Å². The van der Waals surface area contributed by atoms with E-state index < -0.39 is 5.60 Å². The van der Waals surface area contributed by atoms with Crippen molar-refractivity contribution in [2.24, 2.45) is 0 Å². The number of halogens is 2. The Morgan fingerprint density at radius 3 is 2.77 bits per heavy atom. The van der Waals surface area contributed by atoms with Crippen LogP contribution in [0.4, 0.5) is 4.79 Å². The topological polar surface area (TPSA) is 41.6 Å². The molecule has 1 aliphatic heterocycles. The second kappa shape index (κ2) is 7.07. The number of benzene rings is 1. The van der Waals surface area contributed by atoms with Crippen molar-refractivity contribution in [3.63, 3.8) is 0 Å². The minimum absolute atomic E-state index is 0.153. The van der Waals surface area contributed by atoms with Crippen LogP contribution in [0.25, 0.3) is 0 Å². The highest BCUT2D eigenvalue weighted by Crippen LogP contribution is 2.23. The van der Waals surface area contributed by atoms with Crippen molar-refractivity contribution >= 4 is 29.3 Å². The average molecular weight is 345 g/mol. The van der Waals surface area contributed by atoms with Gasteiger partial charge in [0.15, 0.2) is 0 Å². The predicted octanol–water partition coefficient (Wildman–Crippen LogP) is 3.74. The fourth-order valence-electron chi connectivity index (χ4n) is 2.41. The maximum atomic E-state index is 12.2. The smallest absolute Gasteiger partial charge is 0.410 e. The molecule has 0 aliphatic carbocycles. The van der Waals surface area contributed by atoms with Gasteiger partial charge in [-0.1, -0.05) is 29.3 Å². The van der Waals surface area contributed by atoms with Crippen molar-refractivity contribution in [3.05, 3.63) is 33.8 Å². The molecule has 2 rings (SSSR count). The van der Waals surface area contributed by atoms with E-state index >= 15 is 0 Å². The summed E-state index contributed by atoms with van der Waals surface area (Å²) in [6.07, 6.45) is 0.483. The first-order valence-corrected chi connectivity index (χ1v) is 8.15. The molecule has 1 aromatic rings. The zero-order valence-electron chi connectivity index (χ0n) is 13.2. The lowest BCUT2D eigenvalue weighted by molar-refractivity contribution is 0.0195. The normalized spacial score (nSPS) is 19.1. The van der Waals surface area contributed by atoms with Gasteiger partial charge in [0.25, 0.3) is 0 Å². The molecule has 0 bridgehead atoms. The van der Waals surface area contributed by atoms with Crippen molar-refractivity contribution in [1.29, 1.82) is 0 Å². The molecule has 1 atom stereocenters. The summed E-state index contributed by atoms with van der Waals surface area (Å²) in [5.41, 5.74) is 0.548. The summed E-state index contributed by atoms with van der Waals surface area (Å²) in [6, 6.07) is 5.66. The summed E-state index contributed by atoms with van der Waals surface area (Å²) in [5, 5.41) is 4.70. The molecule has 1 fully saturated rings. The van der Waals surface area contributed by atoms with Crippen LogP contribution in [0, 0.1) is 0 Å². The number of nitrogens with one attached hydrogen (secondary N) is 1. The maximum absolute atomic E-state index is 12.2. The number of amides is 1. The molecule has 0 unspecified atom stereocenters. The molecule has 6 heteroatoms. The zero-order chi connectivity index (χ0) is 16.3. The first-order chi connectivity index (χ1) is 10.2. The number of ether oxygens (including phenoxy) is 1. The van der Waals surface area contributed by atoms with Gasteiger partial charge in [-0.3, -0.25) is 0 Å². The van der Waals surface area contributed by atoms with E-state index in [1.54, 1.807) is 11.0 Å². The van der Waals surface area contributed by atoms with E-state index in [0.717, 1.165) is 18.5 Å². The Hall–Kier alpha value is -0.970. The standard InChI is InChI=1S/C16H22Cl2N2O2/c1-16(2,3)22-15(21)20-7-6-19-13(10-20)8-11-4-5-12(17)9-14(11)18/h4-5,9,13,19H,6-8,10H2,1-3H3/t13-/m0/s1. The largest absolute Gasteiger partial charge is 0.444 e. The quantitative estimate of drug-likeness (QED) is 0.888. The molecule has 1 amide bonds. The molecular formula is C16H22Cl2N2O2. The Bertz CT molecular complexity index is 543. The maximum Gasteiger partial charge on any atom is 0.410 e. The lowest BCUT2D eigenvalue weighted by atomic mass is 10.0. The third kappa shape index (κ3) is 5.04. The number of rotatable bonds is 2. The minimum atomic E-state index is -0.475. The third-order valence-corrected chi connectivity index (χ3v) is 3.98. The molecule has 1 aliphatic rings. The molecular weight excluding hydrogens is 323 g/mol. The van der Waals surface area contributed by atoms with E-state index in [1.807, 2.05) is 32.9 Å². The van der Waals surface area contributed by atoms with Crippen LogP contribution >= 0.6 is 23.2 Å². The molecule has 22 heavy (non-hydrogen) atoms. The number of carbonyl (C=O) groups is 1. The molecule has 0 aromatic heterocycles. The SMILES string of the molecule is CC(C)(C)OC(=O)N1CCN[C@@H](Cc2ccc(Cl)cc2Cl)C1. The number of hydrogen-bond acceptors (Lipinski definition) is 3. The predicted molar refractivity (Wildman–Crippen MR) is 89.8 cm³/mol. The summed E-state index contributed by atoms with van der Waals surface area (Å²) in [5.74, 6) is 0. The van der Waals surface area contributed by atoms with Crippen LogP contribution < -0.4 is 5.32 Å². The number of hydrogen-bond donors (Lipinski definition) is 1. The molecule has 4 nitrogen and oxygen atoms in total. The summed E-state index contributed by atoms with van der Waals surface area (Å²) < 4.78 is 5.43. The molecule has 0 saturated carbocycles. The highest BCUT2D eigenvalue weighted by Gasteiger charge is 2.27. The highest BCUT2D eigenvalue weighted by atomic mass is 35.5. The van der Waals surface area contributed by atoms with Gasteiger partial charge in [-0.05, 0) is 44.9 Å². The van der Waals surface area contributed by atoms with Crippen molar-refractivity contribution in [1.82, 2.24) is 10.2 Å². The Labute approximate surface area is 141 Å². The van der Waals surface area contributed by atoms with Crippen molar-refractivity contribution < 1.29 is 9.53 Å². The van der Waals surface area contributed by atoms with E-state index in [0.29, 0.717) is 23.1 Å². The fraction of sp³-hybridized carbons (Fsp3) is 0.562. The lowest BCUT2D eigenvalue weighted by Gasteiger charge is -2.35. The lowest BCUT2D eigenvalue weighted by Crippen LogP contribution is -2.54. The van der Waals surface area contributed by atoms with Crippen LogP contribution in [0.3, 0.4) is 0 Å². The second-order valence-electron chi connectivity index (χ2n) is 6.52. The van der Waals surface area contributed by atoms with Crippen molar-refractivity contribution in [2.45, 2.75) is 38.8 Å². The third-order valence-electron chi connectivity index (χ3n) is 3.39. The van der Waals surface area contributed by atoms with Crippen molar-refractivity contribution in [2.75, 3.05) is 19.6 Å². The molecule has 1 N–H and O–H groups in total. The Morgan fingerprint density at radius 1 is 1.41 bits per heavy atom. The van der Waals surface area contributed by atoms with Gasteiger partial charge >= 0.3 is 6.09 Å². The molecule has 1 saturated heterocycles. The van der Waals surface area contributed by atoms with E-state index in [-0.39, 0.29) is 12.1 Å². The fourth-order valence-corrected chi connectivity index (χ4v) is 2.89. The first kappa shape index (κ1) is 17.4. The summed E-state index contributed by atoms with van der Waals surface area (Å²) in [6.45, 7) is 7.62. The van der Waals surface area contributed by atoms with Gasteiger partial charge in [-0.2, -0.15) is 0 Å². The minimum Gasteiger partial charge on any atom is -0.444 e. The van der Waals surface area contributed by atoms with Crippen LogP contribution in [-0.4, -0.2) is 42.3 Å². The van der Waals surface area contributed by atoms with Crippen molar-refractivity contribution in [3.8, 4) is 0 Å². The molecule has 1 heterocycles. The van der Waals surface area contributed by atoms with Gasteiger partial charge in [-0.15, -0.1) is 0 Å². The van der Waals surface area contributed by atoms with Crippen LogP contribution in [0.1, 0.15) is 26.3 Å². The van der Waals surface area contributed by atoms with Gasteiger partial charge in [0, 0.05) is 35.7 Å². The summed E-state index contributed by atoms with van der Waals surface area (Å²) >= 11 is 12.1. The second-order valence-corrected chi connectivity index (χ2v) is 7.36. The zero-order valence-corrected chi connectivity index (χ0v) is 14.7. The van der Waals surface area contributed by atoms with Gasteiger partial charge in [0.05, 0.1) is 0 Å². The Morgan fingerprint density at radius 2 is 2.14 bits per heavy atom. The average Bonchev–Trinajstić information content (AvgIpc) is 2.40. The first-order valence-electron chi connectivity index (χ1n) is 7.40. The van der Waals surface area contributed by atoms with Crippen LogP contribution in [0.2, 0.25) is 10.0 Å². The molecule has 122 valence electrons. The van der Waals surface area contributed by atoms with E-state index in [9.17, 15) is 4.79 Å². The van der Waals surface area contributed by atoms with E-state index in [1.165, 1.54) is 0 Å². The highest BCUT2D eigenvalue weighted by molar-refractivity contribution is 6.35. The molecule has 0 radical (unpaired) electrons. The summed E-state index contributed by atoms with van der Waals surface area (Å²) in [4.78, 5) is 13.9. The number of nitrogens with zero attached hydrogens (tertiary/aromatic N) is 1. The van der Waals surface area contributed by atoms with Crippen LogP contribution in [0.15, 0.2) is 18.2 Å². The van der Waals surface area contributed by atoms with Gasteiger partial charge < -0.3 is 15.0 Å². The number of carbonyl (C=O) groups excluding carboxylic acids is 1. The van der Waals surface area contributed by atoms with E-state index in [4.69, 9.17) is 27.9 Å². The summed E-state index contributed by atoms with van der Waals surface area (Å²) in [7, 11) is 0. The van der Waals surface area contributed by atoms with Gasteiger partial charge in [0.2, 0.25) is 0 Å². The van der Waals surface area contributed by atoms with Crippen LogP contribution in [-0.2, 0) is 11.2 Å². The molecule has 0 spiro atoms. The number of piperazine rings is 1. The Kier molecular flexibility index (Phi) is 5.59. The monoisotopic (exact) mass is 344 g/mol. The van der Waals surface area contributed by atoms with Crippen LogP contribution in [0.5, 0.6) is 0 Å². The van der Waals surface area contributed by atoms with Gasteiger partial charge in [0.1, 0.15) is 5.60 Å².